The van der Waals surface area contributed by atoms with Gasteiger partial charge in [0.15, 0.2) is 6.29 Å². The van der Waals surface area contributed by atoms with Crippen molar-refractivity contribution in [2.45, 2.75) is 65.0 Å². The van der Waals surface area contributed by atoms with E-state index in [0.717, 1.165) is 33.5 Å². The number of aromatic nitrogens is 1. The van der Waals surface area contributed by atoms with Crippen molar-refractivity contribution in [1.29, 1.82) is 0 Å². The van der Waals surface area contributed by atoms with Gasteiger partial charge in [0, 0.05) is 23.9 Å². The minimum absolute atomic E-state index is 0.0701. The van der Waals surface area contributed by atoms with Gasteiger partial charge in [0.25, 0.3) is 5.56 Å². The number of nitrogens with zero attached hydrogens (tertiary/aromatic N) is 1. The van der Waals surface area contributed by atoms with Crippen LogP contribution >= 0.6 is 0 Å². The van der Waals surface area contributed by atoms with Gasteiger partial charge in [0.2, 0.25) is 0 Å². The first-order chi connectivity index (χ1) is 15.2. The van der Waals surface area contributed by atoms with Crippen molar-refractivity contribution in [1.82, 2.24) is 4.57 Å². The first-order valence-electron chi connectivity index (χ1n) is 11.2. The maximum atomic E-state index is 13.7. The van der Waals surface area contributed by atoms with E-state index in [9.17, 15) is 15.0 Å². The van der Waals surface area contributed by atoms with Gasteiger partial charge in [0.05, 0.1) is 17.9 Å². The molecule has 0 saturated carbocycles. The molecule has 2 heterocycles. The largest absolute Gasteiger partial charge is 0.393 e. The highest BCUT2D eigenvalue weighted by molar-refractivity contribution is 5.88. The molecule has 0 radical (unpaired) electrons. The molecule has 1 unspecified atom stereocenters. The van der Waals surface area contributed by atoms with Gasteiger partial charge in [-0.15, -0.1) is 0 Å². The molecule has 2 aromatic carbocycles. The van der Waals surface area contributed by atoms with Crippen molar-refractivity contribution in [3.63, 3.8) is 0 Å². The monoisotopic (exact) mass is 433 g/mol. The maximum absolute atomic E-state index is 13.7. The zero-order valence-electron chi connectivity index (χ0n) is 19.1. The Labute approximate surface area is 188 Å². The quantitative estimate of drug-likeness (QED) is 0.631. The Balaban J connectivity index is 1.99. The lowest BCUT2D eigenvalue weighted by Crippen LogP contribution is -2.34. The van der Waals surface area contributed by atoms with Crippen LogP contribution in [0.4, 0.5) is 0 Å². The van der Waals surface area contributed by atoms with Crippen LogP contribution in [-0.4, -0.2) is 33.3 Å². The van der Waals surface area contributed by atoms with E-state index in [1.807, 2.05) is 62.4 Å². The lowest BCUT2D eigenvalue weighted by atomic mass is 9.93. The number of aryl methyl sites for hydroxylation is 2. The Morgan fingerprint density at radius 1 is 1.03 bits per heavy atom. The molecule has 32 heavy (non-hydrogen) atoms. The zero-order chi connectivity index (χ0) is 23.0. The summed E-state index contributed by atoms with van der Waals surface area (Å²) in [5.41, 5.74) is 4.80. The molecule has 5 nitrogen and oxygen atoms in total. The summed E-state index contributed by atoms with van der Waals surface area (Å²) in [5, 5.41) is 21.6. The van der Waals surface area contributed by atoms with E-state index in [1.165, 1.54) is 0 Å². The van der Waals surface area contributed by atoms with E-state index in [-0.39, 0.29) is 17.9 Å². The standard InChI is InChI=1S/C27H31NO4/c1-16(2)26-22-7-5-6-8-23(22)27(31)28(19-12-17(3)11-18(4)13-19)24(26)10-9-21-14-20(29)15-25(30)32-21/h5-13,16,20-21,25,29-30H,14-15H2,1-4H3/t20-,21-,25?/m1/s1. The number of hydrogen-bond acceptors (Lipinski definition) is 4. The first-order valence-corrected chi connectivity index (χ1v) is 11.2. The van der Waals surface area contributed by atoms with Gasteiger partial charge >= 0.3 is 0 Å². The first kappa shape index (κ1) is 22.5. The van der Waals surface area contributed by atoms with E-state index in [4.69, 9.17) is 4.74 Å². The number of pyridine rings is 1. The van der Waals surface area contributed by atoms with Crippen molar-refractivity contribution in [2.24, 2.45) is 0 Å². The number of ether oxygens (including phenoxy) is 1. The highest BCUT2D eigenvalue weighted by Crippen LogP contribution is 2.31. The molecule has 1 fully saturated rings. The minimum Gasteiger partial charge on any atom is -0.393 e. The van der Waals surface area contributed by atoms with Crippen LogP contribution in [0.15, 0.2) is 53.3 Å². The fourth-order valence-corrected chi connectivity index (χ4v) is 4.73. The third-order valence-electron chi connectivity index (χ3n) is 5.99. The third kappa shape index (κ3) is 4.42. The van der Waals surface area contributed by atoms with Crippen molar-refractivity contribution >= 4 is 16.8 Å². The van der Waals surface area contributed by atoms with E-state index in [0.29, 0.717) is 11.8 Å². The summed E-state index contributed by atoms with van der Waals surface area (Å²) >= 11 is 0. The second-order valence-corrected chi connectivity index (χ2v) is 9.10. The molecule has 1 aromatic heterocycles. The average molecular weight is 434 g/mol. The lowest BCUT2D eigenvalue weighted by molar-refractivity contribution is -0.175. The second-order valence-electron chi connectivity index (χ2n) is 9.10. The molecule has 4 rings (SSSR count). The molecule has 1 aliphatic rings. The van der Waals surface area contributed by atoms with Crippen LogP contribution in [0, 0.1) is 13.8 Å². The van der Waals surface area contributed by atoms with Gasteiger partial charge in [-0.05, 0) is 66.1 Å². The lowest BCUT2D eigenvalue weighted by Gasteiger charge is -2.28. The molecule has 1 saturated heterocycles. The van der Waals surface area contributed by atoms with Gasteiger partial charge in [-0.25, -0.2) is 0 Å². The van der Waals surface area contributed by atoms with Gasteiger partial charge < -0.3 is 14.9 Å². The summed E-state index contributed by atoms with van der Waals surface area (Å²) in [7, 11) is 0. The molecule has 5 heteroatoms. The number of fused-ring (bicyclic) bond motifs is 1. The highest BCUT2D eigenvalue weighted by Gasteiger charge is 2.26. The van der Waals surface area contributed by atoms with Crippen LogP contribution in [0.5, 0.6) is 0 Å². The minimum atomic E-state index is -0.990. The molecule has 1 aliphatic heterocycles. The molecular formula is C27H31NO4. The zero-order valence-corrected chi connectivity index (χ0v) is 19.1. The molecule has 0 aliphatic carbocycles. The molecule has 0 amide bonds. The highest BCUT2D eigenvalue weighted by atomic mass is 16.6. The van der Waals surface area contributed by atoms with Crippen LogP contribution < -0.4 is 5.56 Å². The number of rotatable bonds is 4. The Kier molecular flexibility index (Phi) is 6.33. The van der Waals surface area contributed by atoms with Crippen molar-refractivity contribution in [3.05, 3.63) is 81.3 Å². The number of aliphatic hydroxyl groups is 2. The summed E-state index contributed by atoms with van der Waals surface area (Å²) in [6.45, 7) is 8.31. The molecule has 2 N–H and O–H groups in total. The van der Waals surface area contributed by atoms with Crippen LogP contribution in [0.25, 0.3) is 22.5 Å². The van der Waals surface area contributed by atoms with Gasteiger partial charge in [-0.3, -0.25) is 9.36 Å². The number of benzene rings is 2. The third-order valence-corrected chi connectivity index (χ3v) is 5.99. The SMILES string of the molecule is Cc1cc(C)cc(-n2c(C=C[C@@H]3C[C@@H](O)CC(O)O3)c(C(C)C)c3ccccc3c2=O)c1. The molecule has 3 aromatic rings. The van der Waals surface area contributed by atoms with Crippen LogP contribution in [-0.2, 0) is 4.74 Å². The van der Waals surface area contributed by atoms with E-state index in [1.54, 1.807) is 4.57 Å². The van der Waals surface area contributed by atoms with Gasteiger partial charge in [-0.2, -0.15) is 0 Å². The number of aliphatic hydroxyl groups excluding tert-OH is 2. The summed E-state index contributed by atoms with van der Waals surface area (Å²) in [6.07, 6.45) is 2.35. The van der Waals surface area contributed by atoms with E-state index >= 15 is 0 Å². The molecule has 3 atom stereocenters. The van der Waals surface area contributed by atoms with Crippen LogP contribution in [0.3, 0.4) is 0 Å². The number of hydrogen-bond donors (Lipinski definition) is 2. The van der Waals surface area contributed by atoms with E-state index in [2.05, 4.69) is 19.9 Å². The van der Waals surface area contributed by atoms with Gasteiger partial charge in [0.1, 0.15) is 0 Å². The Bertz CT molecular complexity index is 1190. The van der Waals surface area contributed by atoms with Crippen LogP contribution in [0.2, 0.25) is 0 Å². The molecule has 0 bridgehead atoms. The van der Waals surface area contributed by atoms with Crippen molar-refractivity contribution < 1.29 is 14.9 Å². The summed E-state index contributed by atoms with van der Waals surface area (Å²) in [4.78, 5) is 13.7. The normalized spacial score (nSPS) is 21.7. The maximum Gasteiger partial charge on any atom is 0.263 e. The smallest absolute Gasteiger partial charge is 0.263 e. The Hall–Kier alpha value is -2.73. The molecule has 0 spiro atoms. The molecular weight excluding hydrogens is 402 g/mol. The predicted molar refractivity (Wildman–Crippen MR) is 128 cm³/mol. The fourth-order valence-electron chi connectivity index (χ4n) is 4.73. The average Bonchev–Trinajstić information content (AvgIpc) is 2.70. The summed E-state index contributed by atoms with van der Waals surface area (Å²) < 4.78 is 7.38. The van der Waals surface area contributed by atoms with Crippen molar-refractivity contribution in [2.75, 3.05) is 0 Å². The Morgan fingerprint density at radius 2 is 1.69 bits per heavy atom. The predicted octanol–water partition coefficient (Wildman–Crippen LogP) is 4.60. The summed E-state index contributed by atoms with van der Waals surface area (Å²) in [6, 6.07) is 13.9. The Morgan fingerprint density at radius 3 is 2.31 bits per heavy atom. The topological polar surface area (TPSA) is 71.7 Å². The fraction of sp³-hybridized carbons (Fsp3) is 0.370. The summed E-state index contributed by atoms with van der Waals surface area (Å²) in [5.74, 6) is 0.167. The van der Waals surface area contributed by atoms with Crippen molar-refractivity contribution in [3.8, 4) is 5.69 Å². The van der Waals surface area contributed by atoms with Gasteiger partial charge in [-0.1, -0.05) is 44.2 Å². The van der Waals surface area contributed by atoms with Crippen LogP contribution in [0.1, 0.15) is 55.0 Å². The molecule has 168 valence electrons. The van der Waals surface area contributed by atoms with E-state index < -0.39 is 18.5 Å². The second kappa shape index (κ2) is 9.02.